The normalized spacial score (nSPS) is 15.1. The van der Waals surface area contributed by atoms with Crippen LogP contribution in [0, 0.1) is 11.6 Å². The van der Waals surface area contributed by atoms with Gasteiger partial charge in [0.05, 0.1) is 25.8 Å². The van der Waals surface area contributed by atoms with Crippen LogP contribution >= 0.6 is 61.7 Å². The number of rotatable bonds is 4. The molecule has 0 aliphatic carbocycles. The highest BCUT2D eigenvalue weighted by Crippen LogP contribution is 2.47. The van der Waals surface area contributed by atoms with Gasteiger partial charge in [0, 0.05) is 19.2 Å². The van der Waals surface area contributed by atoms with Crippen LogP contribution in [-0.2, 0) is 13.1 Å². The third-order valence-electron chi connectivity index (χ3n) is 5.31. The largest absolute Gasteiger partial charge is 1.00 e. The van der Waals surface area contributed by atoms with Crippen molar-refractivity contribution in [3.8, 4) is 0 Å². The molecule has 5 rings (SSSR count). The lowest BCUT2D eigenvalue weighted by molar-refractivity contribution is -0.685. The molecule has 4 heterocycles. The van der Waals surface area contributed by atoms with E-state index in [1.165, 1.54) is 16.9 Å². The summed E-state index contributed by atoms with van der Waals surface area (Å²) in [5.74, 6) is -1.76. The van der Waals surface area contributed by atoms with Crippen molar-refractivity contribution in [2.45, 2.75) is 24.9 Å². The molecule has 0 unspecified atom stereocenters. The fraction of sp³-hybridized carbons (Fsp3) is 0.182. The average molecular weight is 621 g/mol. The smallest absolute Gasteiger partial charge is 0.271 e. The highest BCUT2D eigenvalue weighted by molar-refractivity contribution is 9.11. The summed E-state index contributed by atoms with van der Waals surface area (Å²) in [6.07, 6.45) is 4.06. The topological polar surface area (TPSA) is 29.1 Å². The van der Waals surface area contributed by atoms with E-state index in [2.05, 4.69) is 31.9 Å². The van der Waals surface area contributed by atoms with E-state index in [0.717, 1.165) is 37.8 Å². The van der Waals surface area contributed by atoms with Crippen LogP contribution in [0.3, 0.4) is 0 Å². The molecule has 0 saturated carbocycles. The zero-order valence-corrected chi connectivity index (χ0v) is 23.5. The molecule has 0 fully saturated rings. The molecule has 4 aromatic rings. The summed E-state index contributed by atoms with van der Waals surface area (Å²) in [4.78, 5) is 15.3. The van der Waals surface area contributed by atoms with Gasteiger partial charge in [0.25, 0.3) is 10.6 Å². The molecule has 0 atom stereocenters. The van der Waals surface area contributed by atoms with E-state index in [1.54, 1.807) is 45.3 Å². The van der Waals surface area contributed by atoms with E-state index in [0.29, 0.717) is 21.8 Å². The average Bonchev–Trinajstić information content (AvgIpc) is 3.55. The third-order valence-corrected chi connectivity index (χ3v) is 10.5. The van der Waals surface area contributed by atoms with E-state index < -0.39 is 11.6 Å². The Kier molecular flexibility index (Phi) is 7.70. The Labute approximate surface area is 225 Å². The summed E-state index contributed by atoms with van der Waals surface area (Å²) in [6.45, 7) is 3.17. The Bertz CT molecular complexity index is 1560. The lowest BCUT2D eigenvalue weighted by atomic mass is 10.3. The van der Waals surface area contributed by atoms with Gasteiger partial charge >= 0.3 is 0 Å². The highest BCUT2D eigenvalue weighted by atomic mass is 79.9. The van der Waals surface area contributed by atoms with Crippen LogP contribution in [0.5, 0.6) is 0 Å². The van der Waals surface area contributed by atoms with Gasteiger partial charge in [0.2, 0.25) is 0 Å². The number of fused-ring (bicyclic) bond motifs is 1. The van der Waals surface area contributed by atoms with E-state index in [9.17, 15) is 13.6 Å². The lowest BCUT2D eigenvalue weighted by Gasteiger charge is -2.12. The van der Waals surface area contributed by atoms with Crippen LogP contribution in [0.25, 0.3) is 11.1 Å². The number of halogens is 4. The van der Waals surface area contributed by atoms with Crippen LogP contribution < -0.4 is 36.6 Å². The molecule has 1 aliphatic rings. The zero-order chi connectivity index (χ0) is 23.3. The van der Waals surface area contributed by atoms with E-state index in [1.807, 2.05) is 24.6 Å². The van der Waals surface area contributed by atoms with Gasteiger partial charge in [-0.3, -0.25) is 9.36 Å². The summed E-state index contributed by atoms with van der Waals surface area (Å²) in [5.41, 5.74) is 1.64. The minimum Gasteiger partial charge on any atom is -1.00 e. The SMILES string of the molecule is CCn1c(=O)/c(=C2\Sc3c(ccc(F)c3F)N2C)s/c1=C\c1scc[n+]1Cc1ccsc1Br.[Cl-]. The van der Waals surface area contributed by atoms with Crippen molar-refractivity contribution in [1.82, 2.24) is 4.57 Å². The maximum absolute atomic E-state index is 14.4. The van der Waals surface area contributed by atoms with Gasteiger partial charge in [-0.1, -0.05) is 23.1 Å². The van der Waals surface area contributed by atoms with E-state index in [-0.39, 0.29) is 22.9 Å². The molecule has 3 aromatic heterocycles. The minimum absolute atomic E-state index is 0. The van der Waals surface area contributed by atoms with Gasteiger partial charge in [-0.2, -0.15) is 4.57 Å². The van der Waals surface area contributed by atoms with Crippen LogP contribution in [-0.4, -0.2) is 11.6 Å². The second-order valence-corrected chi connectivity index (χ2v) is 12.4. The molecule has 12 heteroatoms. The zero-order valence-electron chi connectivity index (χ0n) is 17.9. The Morgan fingerprint density at radius 1 is 1.18 bits per heavy atom. The molecule has 34 heavy (non-hydrogen) atoms. The second kappa shape index (κ2) is 10.2. The van der Waals surface area contributed by atoms with Crippen molar-refractivity contribution in [3.63, 3.8) is 0 Å². The number of anilines is 1. The van der Waals surface area contributed by atoms with Gasteiger partial charge in [0.1, 0.15) is 14.2 Å². The van der Waals surface area contributed by atoms with Crippen molar-refractivity contribution in [2.24, 2.45) is 0 Å². The summed E-state index contributed by atoms with van der Waals surface area (Å²) in [5, 5.41) is 5.72. The fourth-order valence-corrected chi connectivity index (χ4v) is 8.17. The number of hydrogen-bond donors (Lipinski definition) is 0. The molecule has 1 aromatic carbocycles. The summed E-state index contributed by atoms with van der Waals surface area (Å²) in [7, 11) is 1.77. The maximum atomic E-state index is 14.4. The lowest BCUT2D eigenvalue weighted by Crippen LogP contribution is -3.00. The Hall–Kier alpha value is -1.50. The summed E-state index contributed by atoms with van der Waals surface area (Å²) in [6, 6.07) is 4.76. The molecule has 0 amide bonds. The van der Waals surface area contributed by atoms with Crippen LogP contribution in [0.1, 0.15) is 17.5 Å². The van der Waals surface area contributed by atoms with Crippen molar-refractivity contribution in [3.05, 3.63) is 80.7 Å². The van der Waals surface area contributed by atoms with Gasteiger partial charge in [-0.15, -0.1) is 22.7 Å². The standard InChI is InChI=1S/C22H17BrF2N3OS4.ClH/c1-3-28-16(10-15-27(7-9-30-15)11-12-6-8-31-20(12)23)32-19(21(28)29)22-26(2)14-5-4-13(24)17(25)18(14)33-22;/h4-10H,3,11H2,1-2H3;1H/q+1;/p-1/b22-19+;. The summed E-state index contributed by atoms with van der Waals surface area (Å²) >= 11 is 9.34. The first-order chi connectivity index (χ1) is 15.9. The number of thiazole rings is 2. The predicted octanol–water partition coefficient (Wildman–Crippen LogP) is 1.57. The third kappa shape index (κ3) is 4.42. The number of aromatic nitrogens is 2. The van der Waals surface area contributed by atoms with Crippen LogP contribution in [0.15, 0.2) is 48.6 Å². The van der Waals surface area contributed by atoms with Crippen LogP contribution in [0.2, 0.25) is 0 Å². The van der Waals surface area contributed by atoms with E-state index in [4.69, 9.17) is 0 Å². The Morgan fingerprint density at radius 2 is 1.97 bits per heavy atom. The van der Waals surface area contributed by atoms with E-state index >= 15 is 0 Å². The number of benzene rings is 1. The fourth-order valence-electron chi connectivity index (χ4n) is 3.61. The van der Waals surface area contributed by atoms with Gasteiger partial charge in [-0.25, -0.2) is 8.78 Å². The molecular formula is C22H17BrClF2N3OS4. The molecule has 178 valence electrons. The number of thioether (sulfide) groups is 1. The first-order valence-electron chi connectivity index (χ1n) is 9.93. The van der Waals surface area contributed by atoms with Crippen molar-refractivity contribution in [2.75, 3.05) is 11.9 Å². The monoisotopic (exact) mass is 619 g/mol. The van der Waals surface area contributed by atoms with Gasteiger partial charge in [0.15, 0.2) is 24.4 Å². The number of thiophene rings is 1. The number of hydrogen-bond acceptors (Lipinski definition) is 6. The molecule has 0 bridgehead atoms. The molecule has 4 nitrogen and oxygen atoms in total. The first-order valence-corrected chi connectivity index (χ1v) is 14.1. The van der Waals surface area contributed by atoms with Crippen molar-refractivity contribution >= 4 is 78.5 Å². The molecule has 0 spiro atoms. The molecule has 0 N–H and O–H groups in total. The van der Waals surface area contributed by atoms with Crippen molar-refractivity contribution < 1.29 is 25.8 Å². The first kappa shape index (κ1) is 25.6. The predicted molar refractivity (Wildman–Crippen MR) is 137 cm³/mol. The maximum Gasteiger partial charge on any atom is 0.271 e. The molecular weight excluding hydrogens is 604 g/mol. The quantitative estimate of drug-likeness (QED) is 0.325. The second-order valence-electron chi connectivity index (χ2n) is 7.23. The minimum atomic E-state index is -0.887. The van der Waals surface area contributed by atoms with Crippen molar-refractivity contribution in [1.29, 1.82) is 0 Å². The van der Waals surface area contributed by atoms with Gasteiger partial charge < -0.3 is 17.3 Å². The van der Waals surface area contributed by atoms with Gasteiger partial charge in [-0.05, 0) is 46.4 Å². The Morgan fingerprint density at radius 3 is 2.68 bits per heavy atom. The highest BCUT2D eigenvalue weighted by Gasteiger charge is 2.29. The molecule has 0 saturated heterocycles. The summed E-state index contributed by atoms with van der Waals surface area (Å²) < 4.78 is 34.5. The van der Waals surface area contributed by atoms with Crippen LogP contribution in [0.4, 0.5) is 14.5 Å². The molecule has 1 aliphatic heterocycles. The number of nitrogens with zero attached hydrogens (tertiary/aromatic N) is 3. The molecule has 0 radical (unpaired) electrons. The Balaban J connectivity index is 0.00000274.